The van der Waals surface area contributed by atoms with Crippen molar-refractivity contribution in [3.63, 3.8) is 0 Å². The number of hydrogen-bond acceptors (Lipinski definition) is 4. The SMILES string of the molecule is Cc1nn(C)c(Cl)c1COC(=O)/C=C\c1ccco1. The summed E-state index contributed by atoms with van der Waals surface area (Å²) in [5.41, 5.74) is 1.46. The molecule has 5 nitrogen and oxygen atoms in total. The third kappa shape index (κ3) is 3.26. The van der Waals surface area contributed by atoms with Gasteiger partial charge in [0, 0.05) is 18.7 Å². The van der Waals surface area contributed by atoms with E-state index in [1.807, 2.05) is 6.92 Å². The number of aromatic nitrogens is 2. The van der Waals surface area contributed by atoms with Gasteiger partial charge in [0.2, 0.25) is 0 Å². The number of ether oxygens (including phenoxy) is 1. The molecule has 0 aliphatic carbocycles. The Labute approximate surface area is 115 Å². The third-order valence-corrected chi connectivity index (χ3v) is 3.03. The Hall–Kier alpha value is -2.01. The highest BCUT2D eigenvalue weighted by atomic mass is 35.5. The predicted molar refractivity (Wildman–Crippen MR) is 70.5 cm³/mol. The summed E-state index contributed by atoms with van der Waals surface area (Å²) in [6.45, 7) is 1.91. The van der Waals surface area contributed by atoms with E-state index in [-0.39, 0.29) is 6.61 Å². The number of esters is 1. The minimum Gasteiger partial charge on any atom is -0.465 e. The van der Waals surface area contributed by atoms with Gasteiger partial charge in [0.25, 0.3) is 0 Å². The van der Waals surface area contributed by atoms with Crippen molar-refractivity contribution >= 4 is 23.6 Å². The van der Waals surface area contributed by atoms with E-state index in [9.17, 15) is 4.79 Å². The maximum Gasteiger partial charge on any atom is 0.331 e. The lowest BCUT2D eigenvalue weighted by Gasteiger charge is -2.01. The van der Waals surface area contributed by atoms with Gasteiger partial charge in [-0.05, 0) is 25.1 Å². The summed E-state index contributed by atoms with van der Waals surface area (Å²) in [6, 6.07) is 3.48. The molecule has 0 aliphatic rings. The Bertz CT molecular complexity index is 600. The van der Waals surface area contributed by atoms with Crippen LogP contribution in [-0.2, 0) is 23.2 Å². The van der Waals surface area contributed by atoms with E-state index in [1.54, 1.807) is 29.9 Å². The van der Waals surface area contributed by atoms with E-state index >= 15 is 0 Å². The minimum atomic E-state index is -0.462. The molecule has 0 aromatic carbocycles. The van der Waals surface area contributed by atoms with Crippen LogP contribution in [0, 0.1) is 6.92 Å². The molecule has 2 rings (SSSR count). The molecule has 0 radical (unpaired) electrons. The van der Waals surface area contributed by atoms with Crippen molar-refractivity contribution in [2.24, 2.45) is 7.05 Å². The molecule has 100 valence electrons. The molecule has 0 aliphatic heterocycles. The van der Waals surface area contributed by atoms with E-state index in [0.29, 0.717) is 16.5 Å². The van der Waals surface area contributed by atoms with E-state index in [2.05, 4.69) is 5.10 Å². The zero-order chi connectivity index (χ0) is 13.8. The van der Waals surface area contributed by atoms with Gasteiger partial charge in [0.15, 0.2) is 0 Å². The Kier molecular flexibility index (Phi) is 4.06. The lowest BCUT2D eigenvalue weighted by molar-refractivity contribution is -0.138. The van der Waals surface area contributed by atoms with Crippen LogP contribution in [-0.4, -0.2) is 15.7 Å². The van der Waals surface area contributed by atoms with E-state index in [1.165, 1.54) is 12.3 Å². The number of furan rings is 1. The van der Waals surface area contributed by atoms with Gasteiger partial charge in [-0.15, -0.1) is 0 Å². The van der Waals surface area contributed by atoms with Gasteiger partial charge in [0.05, 0.1) is 12.0 Å². The molecule has 2 aromatic heterocycles. The average molecular weight is 281 g/mol. The van der Waals surface area contributed by atoms with Crippen LogP contribution < -0.4 is 0 Å². The zero-order valence-corrected chi connectivity index (χ0v) is 11.3. The molecule has 0 unspecified atom stereocenters. The fourth-order valence-corrected chi connectivity index (χ4v) is 1.79. The number of aryl methyl sites for hydroxylation is 2. The Morgan fingerprint density at radius 1 is 1.63 bits per heavy atom. The molecule has 0 N–H and O–H groups in total. The number of carbonyl (C=O) groups excluding carboxylic acids is 1. The zero-order valence-electron chi connectivity index (χ0n) is 10.6. The molecule has 0 fully saturated rings. The quantitative estimate of drug-likeness (QED) is 0.638. The number of rotatable bonds is 4. The highest BCUT2D eigenvalue weighted by Crippen LogP contribution is 2.19. The van der Waals surface area contributed by atoms with Crippen LogP contribution >= 0.6 is 11.6 Å². The molecular formula is C13H13ClN2O3. The van der Waals surface area contributed by atoms with Crippen LogP contribution in [0.25, 0.3) is 6.08 Å². The Morgan fingerprint density at radius 3 is 3.00 bits per heavy atom. The Morgan fingerprint density at radius 2 is 2.42 bits per heavy atom. The largest absolute Gasteiger partial charge is 0.465 e. The first kappa shape index (κ1) is 13.4. The van der Waals surface area contributed by atoms with Crippen LogP contribution in [0.3, 0.4) is 0 Å². The lowest BCUT2D eigenvalue weighted by Crippen LogP contribution is -2.01. The first-order chi connectivity index (χ1) is 9.08. The van der Waals surface area contributed by atoms with E-state index < -0.39 is 5.97 Å². The highest BCUT2D eigenvalue weighted by Gasteiger charge is 2.12. The second-order valence-electron chi connectivity index (χ2n) is 3.93. The lowest BCUT2D eigenvalue weighted by atomic mass is 10.3. The summed E-state index contributed by atoms with van der Waals surface area (Å²) in [5.74, 6) is 0.128. The molecular weight excluding hydrogens is 268 g/mol. The molecule has 0 amide bonds. The van der Waals surface area contributed by atoms with Crippen molar-refractivity contribution in [1.82, 2.24) is 9.78 Å². The van der Waals surface area contributed by atoms with Gasteiger partial charge in [-0.3, -0.25) is 4.68 Å². The fourth-order valence-electron chi connectivity index (χ4n) is 1.57. The van der Waals surface area contributed by atoms with Crippen molar-refractivity contribution in [2.45, 2.75) is 13.5 Å². The van der Waals surface area contributed by atoms with Gasteiger partial charge < -0.3 is 9.15 Å². The third-order valence-electron chi connectivity index (χ3n) is 2.56. The summed E-state index contributed by atoms with van der Waals surface area (Å²) in [6.07, 6.45) is 4.38. The summed E-state index contributed by atoms with van der Waals surface area (Å²) < 4.78 is 11.7. The number of carbonyl (C=O) groups is 1. The average Bonchev–Trinajstić information content (AvgIpc) is 2.96. The Balaban J connectivity index is 1.93. The fraction of sp³-hybridized carbons (Fsp3) is 0.231. The summed E-state index contributed by atoms with van der Waals surface area (Å²) in [5, 5.41) is 4.61. The van der Waals surface area contributed by atoms with E-state index in [0.717, 1.165) is 5.69 Å². The van der Waals surface area contributed by atoms with Crippen LogP contribution in [0.15, 0.2) is 28.9 Å². The standard InChI is InChI=1S/C13H13ClN2O3/c1-9-11(13(14)16(2)15-9)8-19-12(17)6-5-10-4-3-7-18-10/h3-7H,8H2,1-2H3/b6-5-. The second kappa shape index (κ2) is 5.75. The van der Waals surface area contributed by atoms with Gasteiger partial charge >= 0.3 is 5.97 Å². The number of halogens is 1. The first-order valence-electron chi connectivity index (χ1n) is 5.64. The summed E-state index contributed by atoms with van der Waals surface area (Å²) in [4.78, 5) is 11.5. The maximum atomic E-state index is 11.5. The van der Waals surface area contributed by atoms with Gasteiger partial charge in [-0.25, -0.2) is 4.79 Å². The highest BCUT2D eigenvalue weighted by molar-refractivity contribution is 6.30. The van der Waals surface area contributed by atoms with Crippen molar-refractivity contribution in [3.8, 4) is 0 Å². The van der Waals surface area contributed by atoms with Crippen molar-refractivity contribution in [2.75, 3.05) is 0 Å². The predicted octanol–water partition coefficient (Wildman–Crippen LogP) is 2.73. The molecule has 0 atom stereocenters. The van der Waals surface area contributed by atoms with E-state index in [4.69, 9.17) is 20.8 Å². The monoisotopic (exact) mass is 280 g/mol. The van der Waals surface area contributed by atoms with Gasteiger partial charge in [-0.1, -0.05) is 11.6 Å². The summed E-state index contributed by atoms with van der Waals surface area (Å²) in [7, 11) is 1.73. The molecule has 2 heterocycles. The van der Waals surface area contributed by atoms with Crippen molar-refractivity contribution in [3.05, 3.63) is 46.6 Å². The molecule has 19 heavy (non-hydrogen) atoms. The molecule has 2 aromatic rings. The first-order valence-corrected chi connectivity index (χ1v) is 6.02. The normalized spacial score (nSPS) is 11.1. The smallest absolute Gasteiger partial charge is 0.331 e. The molecule has 0 bridgehead atoms. The number of hydrogen-bond donors (Lipinski definition) is 0. The van der Waals surface area contributed by atoms with Crippen LogP contribution in [0.5, 0.6) is 0 Å². The van der Waals surface area contributed by atoms with Gasteiger partial charge in [0.1, 0.15) is 17.5 Å². The topological polar surface area (TPSA) is 57.3 Å². The van der Waals surface area contributed by atoms with Crippen LogP contribution in [0.4, 0.5) is 0 Å². The molecule has 0 saturated heterocycles. The molecule has 0 saturated carbocycles. The second-order valence-corrected chi connectivity index (χ2v) is 4.29. The summed E-state index contributed by atoms with van der Waals surface area (Å²) >= 11 is 6.03. The maximum absolute atomic E-state index is 11.5. The van der Waals surface area contributed by atoms with Crippen molar-refractivity contribution < 1.29 is 13.9 Å². The van der Waals surface area contributed by atoms with Gasteiger partial charge in [-0.2, -0.15) is 5.10 Å². The number of nitrogens with zero attached hydrogens (tertiary/aromatic N) is 2. The van der Waals surface area contributed by atoms with Crippen molar-refractivity contribution in [1.29, 1.82) is 0 Å². The van der Waals surface area contributed by atoms with Crippen LogP contribution in [0.1, 0.15) is 17.0 Å². The molecule has 0 spiro atoms. The van der Waals surface area contributed by atoms with Crippen LogP contribution in [0.2, 0.25) is 5.15 Å². The minimum absolute atomic E-state index is 0.0971. The molecule has 6 heteroatoms.